The van der Waals surface area contributed by atoms with E-state index >= 15 is 0 Å². The highest BCUT2D eigenvalue weighted by atomic mass is 19.4. The molecule has 0 unspecified atom stereocenters. The Morgan fingerprint density at radius 2 is 1.73 bits per heavy atom. The van der Waals surface area contributed by atoms with Crippen LogP contribution >= 0.6 is 0 Å². The zero-order valence-corrected chi connectivity index (χ0v) is 12.0. The van der Waals surface area contributed by atoms with Gasteiger partial charge in [-0.05, 0) is 44.0 Å². The molecule has 1 aromatic rings. The largest absolute Gasteiger partial charge is 0.573 e. The van der Waals surface area contributed by atoms with Crippen molar-refractivity contribution in [3.05, 3.63) is 29.8 Å². The van der Waals surface area contributed by atoms with E-state index in [1.807, 2.05) is 6.92 Å². The molecule has 7 heteroatoms. The molecule has 0 spiro atoms. The van der Waals surface area contributed by atoms with Crippen LogP contribution in [0.3, 0.4) is 0 Å². The molecule has 0 aliphatic heterocycles. The molecule has 4 nitrogen and oxygen atoms in total. The van der Waals surface area contributed by atoms with Gasteiger partial charge in [0.1, 0.15) is 11.5 Å². The van der Waals surface area contributed by atoms with Crippen molar-refractivity contribution in [2.45, 2.75) is 44.5 Å². The van der Waals surface area contributed by atoms with Crippen LogP contribution in [0, 0.1) is 0 Å². The van der Waals surface area contributed by atoms with Crippen molar-refractivity contribution >= 4 is 11.7 Å². The molecule has 1 N–H and O–H groups in total. The molecule has 0 aromatic heterocycles. The first kappa shape index (κ1) is 16.3. The lowest BCUT2D eigenvalue weighted by atomic mass is 9.82. The Bertz CT molecular complexity index is 556. The molecule has 0 heterocycles. The number of ketones is 1. The van der Waals surface area contributed by atoms with Crippen molar-refractivity contribution in [1.29, 1.82) is 0 Å². The summed E-state index contributed by atoms with van der Waals surface area (Å²) < 4.78 is 39.9. The normalized spacial score (nSPS) is 17.9. The fourth-order valence-electron chi connectivity index (χ4n) is 2.36. The summed E-state index contributed by atoms with van der Waals surface area (Å²) in [6.07, 6.45) is -2.78. The highest BCUT2D eigenvalue weighted by molar-refractivity contribution is 5.95. The summed E-state index contributed by atoms with van der Waals surface area (Å²) in [6.45, 7) is 1.86. The standard InChI is InChI=1S/C15H16F3NO3/c1-14(8-6-11(20)7-9-14)19-13(21)10-2-4-12(5-3-10)22-15(16,17)18/h2-5H,6-9H2,1H3,(H,19,21). The predicted octanol–water partition coefficient (Wildman–Crippen LogP) is 3.22. The number of amides is 1. The quantitative estimate of drug-likeness (QED) is 0.932. The molecule has 1 aliphatic carbocycles. The first-order chi connectivity index (χ1) is 10.2. The van der Waals surface area contributed by atoms with E-state index in [1.165, 1.54) is 12.1 Å². The van der Waals surface area contributed by atoms with Gasteiger partial charge in [0.25, 0.3) is 5.91 Å². The first-order valence-corrected chi connectivity index (χ1v) is 6.87. The number of ether oxygens (including phenoxy) is 1. The number of alkyl halides is 3. The number of rotatable bonds is 3. The summed E-state index contributed by atoms with van der Waals surface area (Å²) in [5.41, 5.74) is -0.223. The summed E-state index contributed by atoms with van der Waals surface area (Å²) in [5, 5.41) is 2.85. The van der Waals surface area contributed by atoms with Crippen molar-refractivity contribution in [2.24, 2.45) is 0 Å². The molecule has 1 saturated carbocycles. The minimum absolute atomic E-state index is 0.181. The minimum atomic E-state index is -4.76. The van der Waals surface area contributed by atoms with E-state index in [4.69, 9.17) is 0 Å². The topological polar surface area (TPSA) is 55.4 Å². The lowest BCUT2D eigenvalue weighted by molar-refractivity contribution is -0.274. The third kappa shape index (κ3) is 4.47. The molecule has 1 fully saturated rings. The van der Waals surface area contributed by atoms with Gasteiger partial charge in [0, 0.05) is 23.9 Å². The van der Waals surface area contributed by atoms with Crippen LogP contribution in [0.2, 0.25) is 0 Å². The maximum atomic E-state index is 12.1. The second-order valence-corrected chi connectivity index (χ2v) is 5.63. The van der Waals surface area contributed by atoms with Crippen LogP contribution in [0.25, 0.3) is 0 Å². The summed E-state index contributed by atoms with van der Waals surface area (Å²) in [4.78, 5) is 23.4. The van der Waals surface area contributed by atoms with Crippen LogP contribution in [0.5, 0.6) is 5.75 Å². The van der Waals surface area contributed by atoms with Gasteiger partial charge in [0.15, 0.2) is 0 Å². The summed E-state index contributed by atoms with van der Waals surface area (Å²) in [7, 11) is 0. The average Bonchev–Trinajstić information content (AvgIpc) is 2.41. The van der Waals surface area contributed by atoms with Crippen LogP contribution in [-0.2, 0) is 4.79 Å². The Hall–Kier alpha value is -2.05. The number of carbonyl (C=O) groups is 2. The second kappa shape index (κ2) is 5.98. The average molecular weight is 315 g/mol. The molecule has 120 valence electrons. The zero-order valence-electron chi connectivity index (χ0n) is 12.0. The molecule has 1 amide bonds. The van der Waals surface area contributed by atoms with Crippen LogP contribution < -0.4 is 10.1 Å². The van der Waals surface area contributed by atoms with Crippen molar-refractivity contribution < 1.29 is 27.5 Å². The fraction of sp³-hybridized carbons (Fsp3) is 0.467. The molecule has 22 heavy (non-hydrogen) atoms. The monoisotopic (exact) mass is 315 g/mol. The fourth-order valence-corrected chi connectivity index (χ4v) is 2.36. The van der Waals surface area contributed by atoms with Gasteiger partial charge >= 0.3 is 6.36 Å². The number of nitrogens with one attached hydrogen (secondary N) is 1. The lowest BCUT2D eigenvalue weighted by Crippen LogP contribution is -2.48. The van der Waals surface area contributed by atoms with E-state index in [0.717, 1.165) is 12.1 Å². The molecule has 2 rings (SSSR count). The smallest absolute Gasteiger partial charge is 0.406 e. The Labute approximate surface area is 125 Å². The Balaban J connectivity index is 1.99. The van der Waals surface area contributed by atoms with Crippen LogP contribution in [0.15, 0.2) is 24.3 Å². The highest BCUT2D eigenvalue weighted by Gasteiger charge is 2.32. The van der Waals surface area contributed by atoms with E-state index in [0.29, 0.717) is 25.7 Å². The number of hydrogen-bond acceptors (Lipinski definition) is 3. The van der Waals surface area contributed by atoms with E-state index in [1.54, 1.807) is 0 Å². The molecule has 1 aliphatic rings. The number of Topliss-reactive ketones (excluding diaryl/α,β-unsaturated/α-hetero) is 1. The predicted molar refractivity (Wildman–Crippen MR) is 72.5 cm³/mol. The highest BCUT2D eigenvalue weighted by Crippen LogP contribution is 2.27. The summed E-state index contributed by atoms with van der Waals surface area (Å²) >= 11 is 0. The van der Waals surface area contributed by atoms with E-state index in [2.05, 4.69) is 10.1 Å². The van der Waals surface area contributed by atoms with Gasteiger partial charge in [-0.25, -0.2) is 0 Å². The van der Waals surface area contributed by atoms with Gasteiger partial charge in [-0.3, -0.25) is 9.59 Å². The molecule has 0 saturated heterocycles. The van der Waals surface area contributed by atoms with E-state index in [9.17, 15) is 22.8 Å². The summed E-state index contributed by atoms with van der Waals surface area (Å²) in [6, 6.07) is 4.73. The van der Waals surface area contributed by atoms with Crippen LogP contribution in [-0.4, -0.2) is 23.6 Å². The van der Waals surface area contributed by atoms with Crippen LogP contribution in [0.4, 0.5) is 13.2 Å². The van der Waals surface area contributed by atoms with Crippen molar-refractivity contribution in [2.75, 3.05) is 0 Å². The van der Waals surface area contributed by atoms with Gasteiger partial charge in [-0.2, -0.15) is 0 Å². The van der Waals surface area contributed by atoms with Gasteiger partial charge in [-0.15, -0.1) is 13.2 Å². The second-order valence-electron chi connectivity index (χ2n) is 5.63. The lowest BCUT2D eigenvalue weighted by Gasteiger charge is -2.34. The third-order valence-electron chi connectivity index (χ3n) is 3.68. The number of benzene rings is 1. The number of halogens is 3. The maximum absolute atomic E-state index is 12.1. The van der Waals surface area contributed by atoms with Gasteiger partial charge in [-0.1, -0.05) is 0 Å². The molecule has 0 atom stereocenters. The molecular weight excluding hydrogens is 299 g/mol. The Morgan fingerprint density at radius 3 is 2.23 bits per heavy atom. The van der Waals surface area contributed by atoms with E-state index in [-0.39, 0.29) is 23.0 Å². The van der Waals surface area contributed by atoms with E-state index < -0.39 is 11.9 Å². The Morgan fingerprint density at radius 1 is 1.18 bits per heavy atom. The number of carbonyl (C=O) groups excluding carboxylic acids is 2. The molecule has 0 radical (unpaired) electrons. The molecule has 1 aromatic carbocycles. The SMILES string of the molecule is CC1(NC(=O)c2ccc(OC(F)(F)F)cc2)CCC(=O)CC1. The Kier molecular flexibility index (Phi) is 4.44. The van der Waals surface area contributed by atoms with Crippen molar-refractivity contribution in [1.82, 2.24) is 5.32 Å². The first-order valence-electron chi connectivity index (χ1n) is 6.87. The van der Waals surface area contributed by atoms with Crippen molar-refractivity contribution in [3.8, 4) is 5.75 Å². The number of hydrogen-bond donors (Lipinski definition) is 1. The molecule has 0 bridgehead atoms. The maximum Gasteiger partial charge on any atom is 0.573 e. The van der Waals surface area contributed by atoms with Gasteiger partial charge < -0.3 is 10.1 Å². The molecular formula is C15H16F3NO3. The zero-order chi connectivity index (χ0) is 16.4. The van der Waals surface area contributed by atoms with Gasteiger partial charge in [0.05, 0.1) is 0 Å². The summed E-state index contributed by atoms with van der Waals surface area (Å²) in [5.74, 6) is -0.575. The van der Waals surface area contributed by atoms with Crippen LogP contribution in [0.1, 0.15) is 43.0 Å². The third-order valence-corrected chi connectivity index (χ3v) is 3.68. The van der Waals surface area contributed by atoms with Crippen molar-refractivity contribution in [3.63, 3.8) is 0 Å². The minimum Gasteiger partial charge on any atom is -0.406 e. The van der Waals surface area contributed by atoms with Gasteiger partial charge in [0.2, 0.25) is 0 Å².